The van der Waals surface area contributed by atoms with Crippen LogP contribution in [0.5, 0.6) is 0 Å². The van der Waals surface area contributed by atoms with Crippen LogP contribution in [0.1, 0.15) is 71.7 Å². The number of nitrogens with zero attached hydrogens (tertiary/aromatic N) is 5. The quantitative estimate of drug-likeness (QED) is 0.0962. The number of carbonyl (C=O) groups excluding carboxylic acids is 2. The molecule has 2 aromatic heterocycles. The molecular weight excluding hydrogens is 809 g/mol. The number of carbonyl (C=O) groups is 2. The SMILES string of the molecule is CCN(CC)CCCc1ccc2c(n1)CO/C2=C1\C(=O)Nc2ccc(F)cc21.O=C1Nc2ccc(F)cc2/C1=C1/OCc2nc(CCCN3CCN(CCOCCO)CC3)ccc21. The Hall–Kier alpha value is -5.58. The van der Waals surface area contributed by atoms with Gasteiger partial charge >= 0.3 is 0 Å². The summed E-state index contributed by atoms with van der Waals surface area (Å²) in [5, 5.41) is 14.3. The molecule has 0 bridgehead atoms. The predicted molar refractivity (Wildman–Crippen MR) is 237 cm³/mol. The molecule has 13 nitrogen and oxygen atoms in total. The number of nitrogens with one attached hydrogen (secondary N) is 2. The molecule has 5 aliphatic heterocycles. The minimum Gasteiger partial charge on any atom is -0.486 e. The van der Waals surface area contributed by atoms with E-state index in [9.17, 15) is 18.4 Å². The van der Waals surface area contributed by atoms with Crippen molar-refractivity contribution in [3.63, 3.8) is 0 Å². The Morgan fingerprint density at radius 3 is 1.70 bits per heavy atom. The number of anilines is 2. The Bertz CT molecular complexity index is 2390. The van der Waals surface area contributed by atoms with Gasteiger partial charge in [-0.2, -0.15) is 0 Å². The number of benzene rings is 2. The number of ether oxygens (including phenoxy) is 3. The second kappa shape index (κ2) is 20.3. The van der Waals surface area contributed by atoms with Gasteiger partial charge in [-0.15, -0.1) is 0 Å². The number of halogens is 2. The number of aliphatic hydroxyl groups excluding tert-OH is 1. The van der Waals surface area contributed by atoms with E-state index in [2.05, 4.69) is 39.2 Å². The van der Waals surface area contributed by atoms with Crippen molar-refractivity contribution in [1.82, 2.24) is 24.7 Å². The third kappa shape index (κ3) is 10.1. The van der Waals surface area contributed by atoms with Gasteiger partial charge in [0.1, 0.15) is 36.4 Å². The Kier molecular flexibility index (Phi) is 14.2. The first-order valence-electron chi connectivity index (χ1n) is 22.0. The zero-order valence-corrected chi connectivity index (χ0v) is 36.0. The maximum absolute atomic E-state index is 13.8. The summed E-state index contributed by atoms with van der Waals surface area (Å²) in [5.74, 6) is -0.367. The average molecular weight is 864 g/mol. The number of aryl methyl sites for hydroxylation is 2. The monoisotopic (exact) mass is 863 g/mol. The number of aliphatic hydroxyl groups is 1. The second-order valence-electron chi connectivity index (χ2n) is 16.1. The molecule has 0 saturated carbocycles. The molecule has 5 aliphatic rings. The highest BCUT2D eigenvalue weighted by molar-refractivity contribution is 6.37. The largest absolute Gasteiger partial charge is 0.486 e. The molecule has 0 spiro atoms. The summed E-state index contributed by atoms with van der Waals surface area (Å²) in [5.41, 5.74) is 8.32. The topological polar surface area (TPSA) is 142 Å². The lowest BCUT2D eigenvalue weighted by Crippen LogP contribution is -2.47. The molecule has 1 fully saturated rings. The molecule has 7 heterocycles. The Morgan fingerprint density at radius 2 is 1.19 bits per heavy atom. The highest BCUT2D eigenvalue weighted by Gasteiger charge is 2.35. The molecular formula is C48H55F2N7O6. The van der Waals surface area contributed by atoms with Crippen LogP contribution in [0.2, 0.25) is 0 Å². The zero-order valence-electron chi connectivity index (χ0n) is 36.0. The smallest absolute Gasteiger partial charge is 0.260 e. The number of piperazine rings is 1. The normalized spacial score (nSPS) is 18.9. The summed E-state index contributed by atoms with van der Waals surface area (Å²) in [6.07, 6.45) is 3.86. The van der Waals surface area contributed by atoms with Crippen LogP contribution in [0.4, 0.5) is 20.2 Å². The van der Waals surface area contributed by atoms with E-state index in [1.807, 2.05) is 24.3 Å². The molecule has 2 amide bonds. The predicted octanol–water partition coefficient (Wildman–Crippen LogP) is 5.98. The van der Waals surface area contributed by atoms with Crippen molar-refractivity contribution in [2.75, 3.05) is 89.4 Å². The van der Waals surface area contributed by atoms with E-state index < -0.39 is 5.82 Å². The van der Waals surface area contributed by atoms with E-state index in [-0.39, 0.29) is 24.2 Å². The molecule has 15 heteroatoms. The van der Waals surface area contributed by atoms with Crippen LogP contribution < -0.4 is 10.6 Å². The van der Waals surface area contributed by atoms with Crippen LogP contribution in [0.15, 0.2) is 60.7 Å². The minimum absolute atomic E-state index is 0.0751. The summed E-state index contributed by atoms with van der Waals surface area (Å²) < 4.78 is 44.6. The van der Waals surface area contributed by atoms with Crippen molar-refractivity contribution in [1.29, 1.82) is 0 Å². The van der Waals surface area contributed by atoms with Crippen molar-refractivity contribution < 1.29 is 37.7 Å². The van der Waals surface area contributed by atoms with Gasteiger partial charge in [0.05, 0.1) is 42.4 Å². The molecule has 0 aliphatic carbocycles. The molecule has 4 aromatic rings. The lowest BCUT2D eigenvalue weighted by molar-refractivity contribution is -0.111. The van der Waals surface area contributed by atoms with Gasteiger partial charge in [-0.05, 0) is 113 Å². The van der Waals surface area contributed by atoms with Gasteiger partial charge in [-0.25, -0.2) is 8.78 Å². The van der Waals surface area contributed by atoms with E-state index in [0.29, 0.717) is 71.6 Å². The lowest BCUT2D eigenvalue weighted by Gasteiger charge is -2.34. The van der Waals surface area contributed by atoms with Gasteiger partial charge < -0.3 is 39.8 Å². The molecule has 0 radical (unpaired) electrons. The van der Waals surface area contributed by atoms with Crippen LogP contribution in [-0.2, 0) is 49.9 Å². The van der Waals surface area contributed by atoms with E-state index in [1.54, 1.807) is 12.1 Å². The number of aromatic nitrogens is 2. The third-order valence-corrected chi connectivity index (χ3v) is 12.1. The van der Waals surface area contributed by atoms with Crippen molar-refractivity contribution >= 4 is 45.9 Å². The molecule has 0 atom stereocenters. The molecule has 2 aromatic carbocycles. The fraction of sp³-hybridized carbons (Fsp3) is 0.417. The first-order chi connectivity index (χ1) is 30.7. The number of amides is 2. The molecule has 0 unspecified atom stereocenters. The number of pyridine rings is 2. The number of rotatable bonds is 15. The Morgan fingerprint density at radius 1 is 0.683 bits per heavy atom. The van der Waals surface area contributed by atoms with Crippen LogP contribution in [0.25, 0.3) is 22.7 Å². The summed E-state index contributed by atoms with van der Waals surface area (Å²) >= 11 is 0. The fourth-order valence-corrected chi connectivity index (χ4v) is 8.69. The molecule has 63 heavy (non-hydrogen) atoms. The maximum Gasteiger partial charge on any atom is 0.260 e. The molecule has 3 N–H and O–H groups in total. The summed E-state index contributed by atoms with van der Waals surface area (Å²) in [6.45, 7) is 15.4. The van der Waals surface area contributed by atoms with E-state index in [1.165, 1.54) is 24.3 Å². The van der Waals surface area contributed by atoms with Crippen LogP contribution in [0.3, 0.4) is 0 Å². The van der Waals surface area contributed by atoms with Gasteiger partial charge in [0.25, 0.3) is 11.8 Å². The highest BCUT2D eigenvalue weighted by atomic mass is 19.1. The van der Waals surface area contributed by atoms with E-state index >= 15 is 0 Å². The van der Waals surface area contributed by atoms with Gasteiger partial charge in [0.2, 0.25) is 0 Å². The van der Waals surface area contributed by atoms with Gasteiger partial charge in [-0.3, -0.25) is 24.5 Å². The Labute approximate surface area is 366 Å². The van der Waals surface area contributed by atoms with Crippen LogP contribution in [-0.4, -0.2) is 120 Å². The van der Waals surface area contributed by atoms with Crippen molar-refractivity contribution in [2.24, 2.45) is 0 Å². The van der Waals surface area contributed by atoms with E-state index in [0.717, 1.165) is 118 Å². The van der Waals surface area contributed by atoms with Crippen LogP contribution >= 0.6 is 0 Å². The minimum atomic E-state index is -0.390. The first kappa shape index (κ1) is 44.0. The fourth-order valence-electron chi connectivity index (χ4n) is 8.69. The summed E-state index contributed by atoms with van der Waals surface area (Å²) in [7, 11) is 0. The molecule has 9 rings (SSSR count). The van der Waals surface area contributed by atoms with Crippen molar-refractivity contribution in [2.45, 2.75) is 52.7 Å². The van der Waals surface area contributed by atoms with Gasteiger partial charge in [0, 0.05) is 77.7 Å². The average Bonchev–Trinajstić information content (AvgIpc) is 4.06. The number of hydrogen-bond acceptors (Lipinski definition) is 11. The molecule has 332 valence electrons. The number of hydrogen-bond donors (Lipinski definition) is 3. The van der Waals surface area contributed by atoms with Gasteiger partial charge in [-0.1, -0.05) is 13.8 Å². The summed E-state index contributed by atoms with van der Waals surface area (Å²) in [6, 6.07) is 16.5. The maximum atomic E-state index is 13.8. The van der Waals surface area contributed by atoms with E-state index in [4.69, 9.17) is 29.3 Å². The first-order valence-corrected chi connectivity index (χ1v) is 22.0. The third-order valence-electron chi connectivity index (χ3n) is 12.1. The highest BCUT2D eigenvalue weighted by Crippen LogP contribution is 2.43. The Balaban J connectivity index is 0.000000177. The zero-order chi connectivity index (χ0) is 43.9. The standard InChI is InChI=1S/C26H31FN4O4.C22H24FN3O2/c27-18-3-6-22-21(16-18)24(26(33)29-22)25-20-5-4-19(28-23(20)17-35-25)2-1-7-30-8-10-31(11-9-30)12-14-34-15-13-32;1-3-26(4-2)11-5-6-15-8-9-16-19(24-15)13-28-21(16)20-17-12-14(23)7-10-18(17)25-22(20)27/h3-6,16,32H,1-2,7-15,17H2,(H,29,33);7-10,12H,3-6,11,13H2,1-2H3,(H,25,27)/b25-24-;21-20-. The lowest BCUT2D eigenvalue weighted by atomic mass is 10.0. The molecule has 1 saturated heterocycles. The van der Waals surface area contributed by atoms with Gasteiger partial charge in [0.15, 0.2) is 0 Å². The van der Waals surface area contributed by atoms with Crippen molar-refractivity contribution in [3.05, 3.63) is 117 Å². The van der Waals surface area contributed by atoms with Crippen LogP contribution in [0, 0.1) is 11.6 Å². The number of fused-ring (bicyclic) bond motifs is 4. The second-order valence-corrected chi connectivity index (χ2v) is 16.1. The summed E-state index contributed by atoms with van der Waals surface area (Å²) in [4.78, 5) is 41.9. The van der Waals surface area contributed by atoms with Crippen molar-refractivity contribution in [3.8, 4) is 0 Å².